The number of aliphatic carboxylic acids is 1. The average Bonchev–Trinajstić information content (AvgIpc) is 2.83. The fraction of sp³-hybridized carbons (Fsp3) is 0.818. The number of carboxylic acid groups (broad SMARTS) is 1. The van der Waals surface area contributed by atoms with Crippen molar-refractivity contribution >= 4 is 11.9 Å². The number of amides is 1. The summed E-state index contributed by atoms with van der Waals surface area (Å²) in [5.41, 5.74) is -0.390. The quantitative estimate of drug-likeness (QED) is 0.637. The molecule has 0 aliphatic heterocycles. The van der Waals surface area contributed by atoms with E-state index >= 15 is 0 Å². The molecule has 0 saturated heterocycles. The van der Waals surface area contributed by atoms with Crippen molar-refractivity contribution in [3.8, 4) is 0 Å². The summed E-state index contributed by atoms with van der Waals surface area (Å²) in [6.45, 7) is -0.0200. The number of hydrogen-bond acceptors (Lipinski definition) is 3. The van der Waals surface area contributed by atoms with E-state index in [0.29, 0.717) is 19.3 Å². The molecule has 0 aromatic heterocycles. The lowest BCUT2D eigenvalue weighted by atomic mass is 10.0. The van der Waals surface area contributed by atoms with Crippen molar-refractivity contribution in [3.63, 3.8) is 0 Å². The number of aliphatic hydroxyl groups excluding tert-OH is 1. The lowest BCUT2D eigenvalue weighted by Gasteiger charge is -2.17. The van der Waals surface area contributed by atoms with E-state index in [1.54, 1.807) is 0 Å². The maximum atomic E-state index is 11.8. The van der Waals surface area contributed by atoms with Crippen LogP contribution in [0.4, 0.5) is 0 Å². The number of carbonyl (C=O) groups is 2. The zero-order valence-electron chi connectivity index (χ0n) is 9.11. The van der Waals surface area contributed by atoms with Crippen LogP contribution in [0.3, 0.4) is 0 Å². The lowest BCUT2D eigenvalue weighted by molar-refractivity contribution is -0.141. The summed E-state index contributed by atoms with van der Waals surface area (Å²) in [7, 11) is 0. The molecule has 0 unspecified atom stereocenters. The van der Waals surface area contributed by atoms with Gasteiger partial charge in [-0.05, 0) is 32.1 Å². The molecule has 90 valence electrons. The summed E-state index contributed by atoms with van der Waals surface area (Å²) < 4.78 is 0. The molecule has 16 heavy (non-hydrogen) atoms. The monoisotopic (exact) mass is 227 g/mol. The molecular weight excluding hydrogens is 210 g/mol. The van der Waals surface area contributed by atoms with Crippen molar-refractivity contribution in [1.29, 1.82) is 0 Å². The largest absolute Gasteiger partial charge is 0.481 e. The van der Waals surface area contributed by atoms with E-state index in [-0.39, 0.29) is 24.3 Å². The standard InChI is InChI=1S/C11H17NO4/c13-6-11(3-4-11)12-9(14)7-1-2-8(5-7)10(15)16/h7-8,13H,1-6H2,(H,12,14)(H,15,16)/t7-,8+/m1/s1. The Morgan fingerprint density at radius 1 is 1.25 bits per heavy atom. The van der Waals surface area contributed by atoms with Crippen molar-refractivity contribution in [1.82, 2.24) is 5.32 Å². The van der Waals surface area contributed by atoms with Gasteiger partial charge in [0, 0.05) is 5.92 Å². The SMILES string of the molecule is O=C(O)[C@H]1CC[C@@H](C(=O)NC2(CO)CC2)C1. The first-order chi connectivity index (χ1) is 7.56. The molecule has 2 rings (SSSR count). The summed E-state index contributed by atoms with van der Waals surface area (Å²) in [6, 6.07) is 0. The van der Waals surface area contributed by atoms with Crippen LogP contribution in [-0.4, -0.2) is 34.2 Å². The van der Waals surface area contributed by atoms with Gasteiger partial charge < -0.3 is 15.5 Å². The molecule has 5 heteroatoms. The van der Waals surface area contributed by atoms with E-state index in [9.17, 15) is 9.59 Å². The predicted octanol–water partition coefficient (Wildman–Crippen LogP) is 0.128. The molecule has 0 aromatic carbocycles. The van der Waals surface area contributed by atoms with Gasteiger partial charge in [-0.15, -0.1) is 0 Å². The molecule has 0 radical (unpaired) electrons. The Labute approximate surface area is 93.8 Å². The highest BCUT2D eigenvalue weighted by Gasteiger charge is 2.45. The molecule has 3 N–H and O–H groups in total. The van der Waals surface area contributed by atoms with E-state index in [1.165, 1.54) is 0 Å². The van der Waals surface area contributed by atoms with Crippen molar-refractivity contribution < 1.29 is 19.8 Å². The fourth-order valence-electron chi connectivity index (χ4n) is 2.28. The van der Waals surface area contributed by atoms with Gasteiger partial charge in [-0.3, -0.25) is 9.59 Å². The van der Waals surface area contributed by atoms with Crippen LogP contribution in [0.25, 0.3) is 0 Å². The average molecular weight is 227 g/mol. The van der Waals surface area contributed by atoms with Gasteiger partial charge in [-0.25, -0.2) is 0 Å². The van der Waals surface area contributed by atoms with Crippen LogP contribution in [0.15, 0.2) is 0 Å². The van der Waals surface area contributed by atoms with E-state index < -0.39 is 11.5 Å². The number of rotatable bonds is 4. The Hall–Kier alpha value is -1.10. The first kappa shape index (κ1) is 11.4. The molecule has 2 aliphatic carbocycles. The first-order valence-corrected chi connectivity index (χ1v) is 5.72. The number of hydrogen-bond donors (Lipinski definition) is 3. The van der Waals surface area contributed by atoms with Gasteiger partial charge >= 0.3 is 5.97 Å². The maximum Gasteiger partial charge on any atom is 0.306 e. The summed E-state index contributed by atoms with van der Waals surface area (Å²) in [6.07, 6.45) is 3.31. The van der Waals surface area contributed by atoms with Crippen LogP contribution in [0.1, 0.15) is 32.1 Å². The predicted molar refractivity (Wildman–Crippen MR) is 55.7 cm³/mol. The molecule has 2 atom stereocenters. The van der Waals surface area contributed by atoms with E-state index in [0.717, 1.165) is 12.8 Å². The van der Waals surface area contributed by atoms with E-state index in [2.05, 4.69) is 5.32 Å². The second kappa shape index (κ2) is 4.05. The van der Waals surface area contributed by atoms with Gasteiger partial charge in [-0.1, -0.05) is 0 Å². The number of aliphatic hydroxyl groups is 1. The Morgan fingerprint density at radius 3 is 2.31 bits per heavy atom. The Kier molecular flexibility index (Phi) is 2.88. The zero-order valence-corrected chi connectivity index (χ0v) is 9.11. The smallest absolute Gasteiger partial charge is 0.306 e. The number of nitrogens with one attached hydrogen (secondary N) is 1. The Morgan fingerprint density at radius 2 is 1.88 bits per heavy atom. The molecule has 2 saturated carbocycles. The summed E-state index contributed by atoms with van der Waals surface area (Å²) in [5.74, 6) is -1.46. The maximum absolute atomic E-state index is 11.8. The van der Waals surface area contributed by atoms with Crippen LogP contribution >= 0.6 is 0 Å². The van der Waals surface area contributed by atoms with E-state index in [1.807, 2.05) is 0 Å². The topological polar surface area (TPSA) is 86.6 Å². The molecule has 0 aromatic rings. The van der Waals surface area contributed by atoms with Crippen LogP contribution in [-0.2, 0) is 9.59 Å². The highest BCUT2D eigenvalue weighted by molar-refractivity contribution is 5.81. The molecule has 0 heterocycles. The third kappa shape index (κ3) is 2.19. The van der Waals surface area contributed by atoms with Crippen molar-refractivity contribution in [2.75, 3.05) is 6.61 Å². The minimum atomic E-state index is -0.807. The Bertz CT molecular complexity index is 311. The van der Waals surface area contributed by atoms with Gasteiger partial charge in [0.2, 0.25) is 5.91 Å². The molecule has 0 bridgehead atoms. The summed E-state index contributed by atoms with van der Waals surface area (Å²) >= 11 is 0. The molecule has 2 fully saturated rings. The summed E-state index contributed by atoms with van der Waals surface area (Å²) in [5, 5.41) is 20.7. The van der Waals surface area contributed by atoms with Gasteiger partial charge in [-0.2, -0.15) is 0 Å². The van der Waals surface area contributed by atoms with Crippen LogP contribution < -0.4 is 5.32 Å². The highest BCUT2D eigenvalue weighted by atomic mass is 16.4. The molecular formula is C11H17NO4. The molecule has 0 spiro atoms. The van der Waals surface area contributed by atoms with Crippen molar-refractivity contribution in [2.45, 2.75) is 37.6 Å². The molecule has 5 nitrogen and oxygen atoms in total. The normalized spacial score (nSPS) is 31.1. The highest BCUT2D eigenvalue weighted by Crippen LogP contribution is 2.37. The van der Waals surface area contributed by atoms with Gasteiger partial charge in [0.25, 0.3) is 0 Å². The number of carboxylic acids is 1. The number of carbonyl (C=O) groups excluding carboxylic acids is 1. The van der Waals surface area contributed by atoms with Crippen LogP contribution in [0, 0.1) is 11.8 Å². The lowest BCUT2D eigenvalue weighted by Crippen LogP contribution is -2.42. The van der Waals surface area contributed by atoms with Crippen LogP contribution in [0.2, 0.25) is 0 Å². The fourth-order valence-corrected chi connectivity index (χ4v) is 2.28. The third-order valence-corrected chi connectivity index (χ3v) is 3.70. The molecule has 1 amide bonds. The zero-order chi connectivity index (χ0) is 11.8. The van der Waals surface area contributed by atoms with Gasteiger partial charge in [0.15, 0.2) is 0 Å². The van der Waals surface area contributed by atoms with Crippen molar-refractivity contribution in [2.24, 2.45) is 11.8 Å². The van der Waals surface area contributed by atoms with Gasteiger partial charge in [0.1, 0.15) is 0 Å². The first-order valence-electron chi connectivity index (χ1n) is 5.72. The minimum Gasteiger partial charge on any atom is -0.481 e. The van der Waals surface area contributed by atoms with E-state index in [4.69, 9.17) is 10.2 Å². The van der Waals surface area contributed by atoms with Gasteiger partial charge in [0.05, 0.1) is 18.1 Å². The van der Waals surface area contributed by atoms with Crippen molar-refractivity contribution in [3.05, 3.63) is 0 Å². The third-order valence-electron chi connectivity index (χ3n) is 3.70. The summed E-state index contributed by atoms with van der Waals surface area (Å²) in [4.78, 5) is 22.6. The van der Waals surface area contributed by atoms with Crippen LogP contribution in [0.5, 0.6) is 0 Å². The second-order valence-electron chi connectivity index (χ2n) is 4.97. The minimum absolute atomic E-state index is 0.0200. The Balaban J connectivity index is 1.85. The second-order valence-corrected chi connectivity index (χ2v) is 4.97. The molecule has 2 aliphatic rings.